The van der Waals surface area contributed by atoms with Crippen molar-refractivity contribution < 1.29 is 31.1 Å². The molecular weight excluding hydrogens is 278 g/mol. The summed E-state index contributed by atoms with van der Waals surface area (Å²) in [7, 11) is 0. The first-order valence-electron chi connectivity index (χ1n) is 5.72. The largest absolute Gasteiger partial charge is 0.409 e. The van der Waals surface area contributed by atoms with E-state index in [1.807, 2.05) is 0 Å². The molecule has 0 fully saturated rings. The molecule has 0 spiro atoms. The lowest BCUT2D eigenvalue weighted by Gasteiger charge is -2.22. The second kappa shape index (κ2) is 7.56. The number of hydrogen-bond acceptors (Lipinski definition) is 2. The Morgan fingerprint density at radius 2 is 1.42 bits per heavy atom. The summed E-state index contributed by atoms with van der Waals surface area (Å²) < 4.78 is 72.9. The average Bonchev–Trinajstić information content (AvgIpc) is 2.18. The Morgan fingerprint density at radius 3 is 1.84 bits per heavy atom. The van der Waals surface area contributed by atoms with Gasteiger partial charge in [-0.3, -0.25) is 4.79 Å². The number of carbonyl (C=O) groups excluding carboxylic acids is 1. The third kappa shape index (κ3) is 7.24. The van der Waals surface area contributed by atoms with Gasteiger partial charge in [-0.05, 0) is 19.4 Å². The van der Waals surface area contributed by atoms with Gasteiger partial charge in [0.25, 0.3) is 0 Å². The van der Waals surface area contributed by atoms with Crippen LogP contribution in [-0.2, 0) is 4.79 Å². The molecule has 0 radical (unpaired) electrons. The Labute approximate surface area is 106 Å². The first-order chi connectivity index (χ1) is 8.60. The first-order valence-corrected chi connectivity index (χ1v) is 5.72. The van der Waals surface area contributed by atoms with E-state index in [-0.39, 0.29) is 6.54 Å². The van der Waals surface area contributed by atoms with Crippen LogP contribution < -0.4 is 11.1 Å². The van der Waals surface area contributed by atoms with Gasteiger partial charge in [-0.2, -0.15) is 26.3 Å². The molecule has 0 saturated carbocycles. The molecule has 0 aliphatic rings. The molecule has 0 aromatic heterocycles. The molecule has 0 aromatic rings. The lowest BCUT2D eigenvalue weighted by atomic mass is 10.1. The molecule has 3 N–H and O–H groups in total. The zero-order valence-electron chi connectivity index (χ0n) is 10.1. The van der Waals surface area contributed by atoms with Crippen molar-refractivity contribution in [2.24, 2.45) is 11.7 Å². The fraction of sp³-hybridized carbons (Fsp3) is 0.900. The van der Waals surface area contributed by atoms with E-state index >= 15 is 0 Å². The molecule has 0 heterocycles. The van der Waals surface area contributed by atoms with E-state index < -0.39 is 24.2 Å². The molecule has 0 rings (SSSR count). The van der Waals surface area contributed by atoms with Crippen molar-refractivity contribution in [3.05, 3.63) is 0 Å². The molecule has 0 unspecified atom stereocenters. The number of unbranched alkanes of at least 4 members (excludes halogenated alkanes) is 3. The van der Waals surface area contributed by atoms with Gasteiger partial charge in [-0.25, -0.2) is 0 Å². The minimum Gasteiger partial charge on any atom is -0.355 e. The minimum absolute atomic E-state index is 0.216. The van der Waals surface area contributed by atoms with Crippen LogP contribution in [0.2, 0.25) is 0 Å². The zero-order chi connectivity index (χ0) is 15.1. The zero-order valence-corrected chi connectivity index (χ0v) is 10.1. The number of nitrogens with two attached hydrogens (primary N) is 1. The summed E-state index contributed by atoms with van der Waals surface area (Å²) in [5, 5.41) is 1.66. The highest BCUT2D eigenvalue weighted by Gasteiger charge is 2.60. The van der Waals surface area contributed by atoms with Gasteiger partial charge in [-0.1, -0.05) is 12.8 Å². The van der Waals surface area contributed by atoms with Crippen LogP contribution in [0.4, 0.5) is 26.3 Å². The second-order valence-corrected chi connectivity index (χ2v) is 4.01. The third-order valence-corrected chi connectivity index (χ3v) is 2.35. The van der Waals surface area contributed by atoms with Crippen LogP contribution in [0.1, 0.15) is 25.7 Å². The van der Waals surface area contributed by atoms with Gasteiger partial charge < -0.3 is 11.1 Å². The van der Waals surface area contributed by atoms with E-state index in [1.165, 1.54) is 0 Å². The van der Waals surface area contributed by atoms with E-state index in [9.17, 15) is 31.1 Å². The van der Waals surface area contributed by atoms with Crippen LogP contribution in [0.5, 0.6) is 0 Å². The van der Waals surface area contributed by atoms with E-state index in [2.05, 4.69) is 0 Å². The number of alkyl halides is 6. The quantitative estimate of drug-likeness (QED) is 0.559. The third-order valence-electron chi connectivity index (χ3n) is 2.35. The number of nitrogens with one attached hydrogen (secondary N) is 1. The number of rotatable bonds is 7. The fourth-order valence-corrected chi connectivity index (χ4v) is 1.42. The summed E-state index contributed by atoms with van der Waals surface area (Å²) in [6.45, 7) is 0.253. The summed E-state index contributed by atoms with van der Waals surface area (Å²) in [4.78, 5) is 11.0. The Bertz CT molecular complexity index is 262. The lowest BCUT2D eigenvalue weighted by Crippen LogP contribution is -2.48. The van der Waals surface area contributed by atoms with Crippen LogP contribution in [0.25, 0.3) is 0 Å². The highest BCUT2D eigenvalue weighted by molar-refractivity contribution is 5.80. The molecule has 19 heavy (non-hydrogen) atoms. The monoisotopic (exact) mass is 294 g/mol. The number of carbonyl (C=O) groups is 1. The van der Waals surface area contributed by atoms with Gasteiger partial charge in [0.05, 0.1) is 0 Å². The highest BCUT2D eigenvalue weighted by Crippen LogP contribution is 2.39. The van der Waals surface area contributed by atoms with E-state index in [1.54, 1.807) is 5.32 Å². The molecule has 9 heteroatoms. The number of halogens is 6. The molecule has 3 nitrogen and oxygen atoms in total. The molecule has 1 amide bonds. The molecule has 0 saturated heterocycles. The molecular formula is C10H16F6N2O. The van der Waals surface area contributed by atoms with E-state index in [4.69, 9.17) is 5.73 Å². The van der Waals surface area contributed by atoms with Crippen LogP contribution in [0.15, 0.2) is 0 Å². The van der Waals surface area contributed by atoms with Crippen molar-refractivity contribution in [1.82, 2.24) is 5.32 Å². The highest BCUT2D eigenvalue weighted by atomic mass is 19.4. The van der Waals surface area contributed by atoms with Crippen molar-refractivity contribution in [2.75, 3.05) is 13.1 Å². The van der Waals surface area contributed by atoms with Gasteiger partial charge in [0.2, 0.25) is 11.8 Å². The van der Waals surface area contributed by atoms with Crippen molar-refractivity contribution in [3.8, 4) is 0 Å². The van der Waals surface area contributed by atoms with Gasteiger partial charge >= 0.3 is 12.4 Å². The van der Waals surface area contributed by atoms with Crippen LogP contribution in [-0.4, -0.2) is 31.3 Å². The minimum atomic E-state index is -5.64. The number of amides is 1. The Morgan fingerprint density at radius 1 is 0.947 bits per heavy atom. The van der Waals surface area contributed by atoms with Crippen molar-refractivity contribution >= 4 is 5.91 Å². The van der Waals surface area contributed by atoms with Crippen molar-refractivity contribution in [2.45, 2.75) is 38.0 Å². The lowest BCUT2D eigenvalue weighted by molar-refractivity contribution is -0.274. The van der Waals surface area contributed by atoms with E-state index in [0.717, 1.165) is 6.42 Å². The van der Waals surface area contributed by atoms with Crippen LogP contribution in [0, 0.1) is 5.92 Å². The second-order valence-electron chi connectivity index (χ2n) is 4.01. The average molecular weight is 294 g/mol. The Kier molecular flexibility index (Phi) is 7.17. The van der Waals surface area contributed by atoms with Crippen molar-refractivity contribution in [1.29, 1.82) is 0 Å². The Balaban J connectivity index is 4.22. The predicted molar refractivity (Wildman–Crippen MR) is 56.1 cm³/mol. The fourth-order valence-electron chi connectivity index (χ4n) is 1.42. The van der Waals surface area contributed by atoms with Gasteiger partial charge in [0, 0.05) is 6.54 Å². The summed E-state index contributed by atoms with van der Waals surface area (Å²) in [5.41, 5.74) is 5.21. The SMILES string of the molecule is NCCCCCCNC(=O)C(C(F)(F)F)C(F)(F)F. The normalized spacial score (nSPS) is 12.8. The summed E-state index contributed by atoms with van der Waals surface area (Å²) in [5.74, 6) is -6.03. The summed E-state index contributed by atoms with van der Waals surface area (Å²) in [6, 6.07) is 0. The topological polar surface area (TPSA) is 55.1 Å². The van der Waals surface area contributed by atoms with Gasteiger partial charge in [0.1, 0.15) is 0 Å². The van der Waals surface area contributed by atoms with Gasteiger partial charge in [0.15, 0.2) is 0 Å². The molecule has 114 valence electrons. The molecule has 0 bridgehead atoms. The molecule has 0 aromatic carbocycles. The first kappa shape index (κ1) is 18.0. The van der Waals surface area contributed by atoms with Crippen molar-refractivity contribution in [3.63, 3.8) is 0 Å². The smallest absolute Gasteiger partial charge is 0.355 e. The molecule has 0 aliphatic carbocycles. The maximum Gasteiger partial charge on any atom is 0.409 e. The maximum absolute atomic E-state index is 12.1. The van der Waals surface area contributed by atoms with Crippen LogP contribution >= 0.6 is 0 Å². The standard InChI is InChI=1S/C10H16F6N2O/c11-9(12,13)7(10(14,15)16)8(19)18-6-4-2-1-3-5-17/h7H,1-6,17H2,(H,18,19). The van der Waals surface area contributed by atoms with Gasteiger partial charge in [-0.15, -0.1) is 0 Å². The molecule has 0 aliphatic heterocycles. The molecule has 0 atom stereocenters. The van der Waals surface area contributed by atoms with Crippen LogP contribution in [0.3, 0.4) is 0 Å². The number of hydrogen-bond donors (Lipinski definition) is 2. The predicted octanol–water partition coefficient (Wildman–Crippen LogP) is 2.36. The Hall–Kier alpha value is -0.990. The maximum atomic E-state index is 12.1. The summed E-state index contributed by atoms with van der Waals surface area (Å²) in [6.07, 6.45) is -8.94. The summed E-state index contributed by atoms with van der Waals surface area (Å²) >= 11 is 0. The van der Waals surface area contributed by atoms with E-state index in [0.29, 0.717) is 25.8 Å².